The number of ether oxygens (including phenoxy) is 1. The maximum atomic E-state index is 11.9. The van der Waals surface area contributed by atoms with Gasteiger partial charge in [0.1, 0.15) is 12.4 Å². The lowest BCUT2D eigenvalue weighted by Gasteiger charge is -2.09. The summed E-state index contributed by atoms with van der Waals surface area (Å²) in [7, 11) is 0. The number of hydrogen-bond acceptors (Lipinski definition) is 3. The molecule has 0 heterocycles. The van der Waals surface area contributed by atoms with Crippen molar-refractivity contribution < 1.29 is 14.3 Å². The van der Waals surface area contributed by atoms with Gasteiger partial charge in [-0.1, -0.05) is 48.5 Å². The second-order valence-corrected chi connectivity index (χ2v) is 6.08. The van der Waals surface area contributed by atoms with E-state index in [1.807, 2.05) is 42.5 Å². The SMILES string of the molecule is O=C(CCNC(=O)c1ccccc1)NCCOc1ccc2ccccc2c1. The summed E-state index contributed by atoms with van der Waals surface area (Å²) in [5.41, 5.74) is 0.585. The van der Waals surface area contributed by atoms with Crippen LogP contribution in [0.25, 0.3) is 10.8 Å². The van der Waals surface area contributed by atoms with Gasteiger partial charge >= 0.3 is 0 Å². The molecule has 0 saturated heterocycles. The van der Waals surface area contributed by atoms with E-state index in [1.54, 1.807) is 24.3 Å². The van der Waals surface area contributed by atoms with Crippen molar-refractivity contribution in [2.45, 2.75) is 6.42 Å². The summed E-state index contributed by atoms with van der Waals surface area (Å²) in [6.07, 6.45) is 0.231. The number of nitrogens with one attached hydrogen (secondary N) is 2. The summed E-state index contributed by atoms with van der Waals surface area (Å²) >= 11 is 0. The highest BCUT2D eigenvalue weighted by molar-refractivity contribution is 5.94. The summed E-state index contributed by atoms with van der Waals surface area (Å²) in [6.45, 7) is 1.10. The van der Waals surface area contributed by atoms with Gasteiger partial charge in [0.2, 0.25) is 5.91 Å². The molecule has 0 fully saturated rings. The zero-order valence-electron chi connectivity index (χ0n) is 15.0. The fraction of sp³-hybridized carbons (Fsp3) is 0.182. The van der Waals surface area contributed by atoms with Gasteiger partial charge in [-0.25, -0.2) is 0 Å². The highest BCUT2D eigenvalue weighted by atomic mass is 16.5. The quantitative estimate of drug-likeness (QED) is 0.605. The van der Waals surface area contributed by atoms with Gasteiger partial charge in [0.25, 0.3) is 5.91 Å². The van der Waals surface area contributed by atoms with E-state index in [4.69, 9.17) is 4.74 Å². The van der Waals surface area contributed by atoms with Gasteiger partial charge in [-0.3, -0.25) is 9.59 Å². The van der Waals surface area contributed by atoms with Crippen molar-refractivity contribution in [1.29, 1.82) is 0 Å². The highest BCUT2D eigenvalue weighted by Gasteiger charge is 2.06. The van der Waals surface area contributed by atoms with E-state index in [2.05, 4.69) is 16.7 Å². The molecule has 5 nitrogen and oxygen atoms in total. The Kier molecular flexibility index (Phi) is 6.41. The first-order valence-electron chi connectivity index (χ1n) is 8.94. The molecule has 0 atom stereocenters. The van der Waals surface area contributed by atoms with Crippen LogP contribution < -0.4 is 15.4 Å². The minimum absolute atomic E-state index is 0.120. The Bertz CT molecular complexity index is 910. The maximum absolute atomic E-state index is 11.9. The Balaban J connectivity index is 1.32. The minimum atomic E-state index is -0.178. The zero-order valence-corrected chi connectivity index (χ0v) is 15.0. The van der Waals surface area contributed by atoms with Crippen LogP contribution in [-0.2, 0) is 4.79 Å². The standard InChI is InChI=1S/C22H22N2O3/c25-21(12-13-24-22(26)18-7-2-1-3-8-18)23-14-15-27-20-11-10-17-6-4-5-9-19(17)16-20/h1-11,16H,12-15H2,(H,23,25)(H,24,26). The summed E-state index contributed by atoms with van der Waals surface area (Å²) in [4.78, 5) is 23.7. The molecule has 3 rings (SSSR count). The normalized spacial score (nSPS) is 10.4. The van der Waals surface area contributed by atoms with E-state index in [0.717, 1.165) is 16.5 Å². The Morgan fingerprint density at radius 2 is 1.52 bits per heavy atom. The first kappa shape index (κ1) is 18.5. The molecule has 3 aromatic carbocycles. The molecule has 0 unspecified atom stereocenters. The van der Waals surface area contributed by atoms with Gasteiger partial charge in [0, 0.05) is 18.5 Å². The molecular formula is C22H22N2O3. The summed E-state index contributed by atoms with van der Waals surface area (Å²) in [6, 6.07) is 22.9. The van der Waals surface area contributed by atoms with Crippen LogP contribution in [0.2, 0.25) is 0 Å². The van der Waals surface area contributed by atoms with Crippen LogP contribution >= 0.6 is 0 Å². The van der Waals surface area contributed by atoms with Crippen molar-refractivity contribution >= 4 is 22.6 Å². The molecule has 3 aromatic rings. The molecule has 0 bridgehead atoms. The summed E-state index contributed by atoms with van der Waals surface area (Å²) in [5.74, 6) is 0.478. The van der Waals surface area contributed by atoms with Crippen LogP contribution in [0.15, 0.2) is 72.8 Å². The van der Waals surface area contributed by atoms with Crippen LogP contribution in [0, 0.1) is 0 Å². The van der Waals surface area contributed by atoms with Gasteiger partial charge in [-0.05, 0) is 35.0 Å². The largest absolute Gasteiger partial charge is 0.492 e. The topological polar surface area (TPSA) is 67.4 Å². The monoisotopic (exact) mass is 362 g/mol. The van der Waals surface area contributed by atoms with Crippen LogP contribution in [-0.4, -0.2) is 31.5 Å². The number of amides is 2. The third kappa shape index (κ3) is 5.57. The first-order chi connectivity index (χ1) is 13.2. The van der Waals surface area contributed by atoms with E-state index in [0.29, 0.717) is 25.3 Å². The third-order valence-electron chi connectivity index (χ3n) is 4.09. The van der Waals surface area contributed by atoms with Crippen molar-refractivity contribution in [2.75, 3.05) is 19.7 Å². The van der Waals surface area contributed by atoms with E-state index < -0.39 is 0 Å². The van der Waals surface area contributed by atoms with E-state index in [9.17, 15) is 9.59 Å². The van der Waals surface area contributed by atoms with Gasteiger partial charge in [-0.15, -0.1) is 0 Å². The summed E-state index contributed by atoms with van der Waals surface area (Å²) < 4.78 is 5.68. The molecule has 0 radical (unpaired) electrons. The molecule has 27 heavy (non-hydrogen) atoms. The molecule has 0 aliphatic carbocycles. The molecule has 5 heteroatoms. The Labute approximate surface area is 158 Å². The lowest BCUT2D eigenvalue weighted by Crippen LogP contribution is -2.32. The molecule has 2 amide bonds. The van der Waals surface area contributed by atoms with E-state index in [-0.39, 0.29) is 18.2 Å². The van der Waals surface area contributed by atoms with Crippen LogP contribution in [0.4, 0.5) is 0 Å². The first-order valence-corrected chi connectivity index (χ1v) is 8.94. The van der Waals surface area contributed by atoms with Gasteiger partial charge < -0.3 is 15.4 Å². The molecule has 2 N–H and O–H groups in total. The second-order valence-electron chi connectivity index (χ2n) is 6.08. The van der Waals surface area contributed by atoms with Gasteiger partial charge in [0.05, 0.1) is 6.54 Å². The van der Waals surface area contributed by atoms with E-state index in [1.165, 1.54) is 0 Å². The van der Waals surface area contributed by atoms with Crippen molar-refractivity contribution in [1.82, 2.24) is 10.6 Å². The van der Waals surface area contributed by atoms with Crippen molar-refractivity contribution in [2.24, 2.45) is 0 Å². The number of fused-ring (bicyclic) bond motifs is 1. The average molecular weight is 362 g/mol. The second kappa shape index (κ2) is 9.38. The van der Waals surface area contributed by atoms with Crippen molar-refractivity contribution in [3.05, 3.63) is 78.4 Å². The fourth-order valence-electron chi connectivity index (χ4n) is 2.69. The number of benzene rings is 3. The highest BCUT2D eigenvalue weighted by Crippen LogP contribution is 2.20. The summed E-state index contributed by atoms with van der Waals surface area (Å²) in [5, 5.41) is 7.80. The molecule has 0 spiro atoms. The molecule has 0 aliphatic rings. The lowest BCUT2D eigenvalue weighted by atomic mass is 10.1. The number of rotatable bonds is 8. The average Bonchev–Trinajstić information content (AvgIpc) is 2.71. The van der Waals surface area contributed by atoms with Crippen molar-refractivity contribution in [3.8, 4) is 5.75 Å². The number of carbonyl (C=O) groups is 2. The molecule has 0 aromatic heterocycles. The number of hydrogen-bond donors (Lipinski definition) is 2. The Morgan fingerprint density at radius 1 is 0.778 bits per heavy atom. The maximum Gasteiger partial charge on any atom is 0.251 e. The molecular weight excluding hydrogens is 340 g/mol. The lowest BCUT2D eigenvalue weighted by molar-refractivity contribution is -0.121. The molecule has 0 aliphatic heterocycles. The van der Waals surface area contributed by atoms with Crippen LogP contribution in [0.1, 0.15) is 16.8 Å². The minimum Gasteiger partial charge on any atom is -0.492 e. The molecule has 138 valence electrons. The molecule has 0 saturated carbocycles. The van der Waals surface area contributed by atoms with Crippen LogP contribution in [0.5, 0.6) is 5.75 Å². The smallest absolute Gasteiger partial charge is 0.251 e. The Hall–Kier alpha value is -3.34. The zero-order chi connectivity index (χ0) is 18.9. The van der Waals surface area contributed by atoms with Gasteiger partial charge in [0.15, 0.2) is 0 Å². The predicted molar refractivity (Wildman–Crippen MR) is 106 cm³/mol. The van der Waals surface area contributed by atoms with E-state index >= 15 is 0 Å². The third-order valence-corrected chi connectivity index (χ3v) is 4.09. The Morgan fingerprint density at radius 3 is 2.33 bits per heavy atom. The van der Waals surface area contributed by atoms with Gasteiger partial charge in [-0.2, -0.15) is 0 Å². The number of carbonyl (C=O) groups excluding carboxylic acids is 2. The predicted octanol–water partition coefficient (Wildman–Crippen LogP) is 3.15. The van der Waals surface area contributed by atoms with Crippen molar-refractivity contribution in [3.63, 3.8) is 0 Å². The van der Waals surface area contributed by atoms with Crippen LogP contribution in [0.3, 0.4) is 0 Å². The fourth-order valence-corrected chi connectivity index (χ4v) is 2.69.